The maximum atomic E-state index is 14.6. The molecule has 8 atom stereocenters. The number of aryl methyl sites for hydroxylation is 2. The van der Waals surface area contributed by atoms with Gasteiger partial charge >= 0.3 is 11.9 Å². The molecular weight excluding hydrogens is 895 g/mol. The van der Waals surface area contributed by atoms with Crippen molar-refractivity contribution in [2.75, 3.05) is 7.05 Å². The molecule has 5 rings (SSSR count). The van der Waals surface area contributed by atoms with Gasteiger partial charge in [0.15, 0.2) is 0 Å². The predicted octanol–water partition coefficient (Wildman–Crippen LogP) is 4.61. The number of carboxylic acid groups (broad SMARTS) is 2. The lowest BCUT2D eigenvalue weighted by atomic mass is 9.82. The number of rotatable bonds is 23. The molecule has 17 nitrogen and oxygen atoms in total. The molecule has 0 radical (unpaired) electrons. The molecule has 1 heterocycles. The molecule has 0 bridgehead atoms. The molecule has 6 amide bonds. The molecule has 0 unspecified atom stereocenters. The van der Waals surface area contributed by atoms with Crippen molar-refractivity contribution in [1.82, 2.24) is 36.5 Å². The van der Waals surface area contributed by atoms with E-state index < -0.39 is 108 Å². The van der Waals surface area contributed by atoms with Gasteiger partial charge in [-0.25, -0.2) is 4.79 Å². The lowest BCUT2D eigenvalue weighted by Crippen LogP contribution is -2.62. The highest BCUT2D eigenvalue weighted by atomic mass is 16.4. The Morgan fingerprint density at radius 3 is 1.77 bits per heavy atom. The predicted molar refractivity (Wildman–Crippen MR) is 264 cm³/mol. The molecule has 17 heteroatoms. The summed E-state index contributed by atoms with van der Waals surface area (Å²) in [5, 5.41) is 34.6. The fourth-order valence-electron chi connectivity index (χ4n) is 9.38. The first-order chi connectivity index (χ1) is 33.2. The number of nitrogens with zero attached hydrogens (tertiary/aromatic N) is 1. The zero-order valence-corrected chi connectivity index (χ0v) is 41.3. The summed E-state index contributed by atoms with van der Waals surface area (Å²) in [6.45, 7) is 12.0. The summed E-state index contributed by atoms with van der Waals surface area (Å²) in [6, 6.07) is 14.7. The minimum atomic E-state index is -1.72. The van der Waals surface area contributed by atoms with Crippen LogP contribution in [0.2, 0.25) is 0 Å². The van der Waals surface area contributed by atoms with Crippen LogP contribution in [-0.2, 0) is 57.6 Å². The van der Waals surface area contributed by atoms with Gasteiger partial charge in [0.2, 0.25) is 35.4 Å². The van der Waals surface area contributed by atoms with E-state index in [1.165, 1.54) is 18.9 Å². The van der Waals surface area contributed by atoms with Crippen LogP contribution in [0.3, 0.4) is 0 Å². The van der Waals surface area contributed by atoms with E-state index >= 15 is 0 Å². The summed E-state index contributed by atoms with van der Waals surface area (Å²) in [6.07, 6.45) is 3.03. The number of aliphatic carboxylic acids is 2. The minimum Gasteiger partial charge on any atom is -0.481 e. The van der Waals surface area contributed by atoms with Gasteiger partial charge in [-0.2, -0.15) is 0 Å². The van der Waals surface area contributed by atoms with E-state index in [0.717, 1.165) is 33.2 Å². The third-order valence-electron chi connectivity index (χ3n) is 13.5. The Balaban J connectivity index is 1.38. The molecule has 0 spiro atoms. The summed E-state index contributed by atoms with van der Waals surface area (Å²) in [7, 11) is 1.39. The number of H-pyrrole nitrogens is 1. The molecule has 1 aliphatic rings. The number of benzene rings is 3. The first kappa shape index (κ1) is 53.9. The van der Waals surface area contributed by atoms with E-state index in [-0.39, 0.29) is 18.8 Å². The summed E-state index contributed by atoms with van der Waals surface area (Å²) < 4.78 is 0. The molecule has 0 saturated carbocycles. The number of carbonyl (C=O) groups excluding carboxylic acids is 6. The molecule has 3 aromatic carbocycles. The van der Waals surface area contributed by atoms with Crippen molar-refractivity contribution in [2.24, 2.45) is 17.8 Å². The molecule has 1 aliphatic carbocycles. The van der Waals surface area contributed by atoms with Crippen LogP contribution in [0.15, 0.2) is 79.0 Å². The average Bonchev–Trinajstić information content (AvgIpc) is 3.65. The topological polar surface area (TPSA) is 256 Å². The first-order valence-electron chi connectivity index (χ1n) is 24.2. The van der Waals surface area contributed by atoms with Crippen LogP contribution < -0.4 is 26.6 Å². The van der Waals surface area contributed by atoms with Gasteiger partial charge in [0.1, 0.15) is 36.3 Å². The smallest absolute Gasteiger partial charge is 0.326 e. The van der Waals surface area contributed by atoms with E-state index in [1.54, 1.807) is 27.0 Å². The Hall–Kier alpha value is -7.04. The van der Waals surface area contributed by atoms with Gasteiger partial charge in [-0.15, -0.1) is 0 Å². The summed E-state index contributed by atoms with van der Waals surface area (Å²) >= 11 is 0. The number of para-hydroxylation sites is 1. The second-order valence-electron chi connectivity index (χ2n) is 19.0. The van der Waals surface area contributed by atoms with Gasteiger partial charge in [-0.1, -0.05) is 121 Å². The highest BCUT2D eigenvalue weighted by molar-refractivity contribution is 5.98. The van der Waals surface area contributed by atoms with Gasteiger partial charge in [0.25, 0.3) is 0 Å². The van der Waals surface area contributed by atoms with Crippen LogP contribution in [0.5, 0.6) is 0 Å². The number of carboxylic acids is 2. The Morgan fingerprint density at radius 1 is 0.671 bits per heavy atom. The molecule has 4 aromatic rings. The fraction of sp³-hybridized carbons (Fsp3) is 0.472. The minimum absolute atomic E-state index is 0.0423. The first-order valence-corrected chi connectivity index (χ1v) is 24.2. The Kier molecular flexibility index (Phi) is 18.9. The summed E-state index contributed by atoms with van der Waals surface area (Å²) in [5.41, 5.74) is 5.19. The molecule has 376 valence electrons. The van der Waals surface area contributed by atoms with Crippen molar-refractivity contribution in [3.8, 4) is 0 Å². The van der Waals surface area contributed by atoms with E-state index in [2.05, 4.69) is 31.6 Å². The number of likely N-dealkylation sites (N-methyl/N-ethyl adjacent to an activating group) is 1. The quantitative estimate of drug-likeness (QED) is 0.0512. The van der Waals surface area contributed by atoms with Crippen LogP contribution in [0.25, 0.3) is 10.9 Å². The Labute approximate surface area is 409 Å². The second kappa shape index (κ2) is 24.5. The van der Waals surface area contributed by atoms with Gasteiger partial charge in [0.05, 0.1) is 6.42 Å². The van der Waals surface area contributed by atoms with Crippen molar-refractivity contribution in [2.45, 2.75) is 136 Å². The number of amides is 6. The second-order valence-corrected chi connectivity index (χ2v) is 19.0. The maximum Gasteiger partial charge on any atom is 0.326 e. The molecular formula is C53H69N7O10. The molecule has 8 N–H and O–H groups in total. The number of hydrogen-bond donors (Lipinski definition) is 8. The average molecular weight is 964 g/mol. The third-order valence-corrected chi connectivity index (χ3v) is 13.5. The number of hydrogen-bond acceptors (Lipinski definition) is 8. The summed E-state index contributed by atoms with van der Waals surface area (Å²) in [5.74, 6) is -8.94. The zero-order valence-electron chi connectivity index (χ0n) is 41.3. The van der Waals surface area contributed by atoms with Crippen LogP contribution in [0, 0.1) is 17.8 Å². The van der Waals surface area contributed by atoms with Gasteiger partial charge in [-0.05, 0) is 70.9 Å². The zero-order chi connectivity index (χ0) is 51.4. The lowest BCUT2D eigenvalue weighted by Gasteiger charge is -2.36. The van der Waals surface area contributed by atoms with Crippen LogP contribution >= 0.6 is 0 Å². The number of fused-ring (bicyclic) bond motifs is 3. The molecule has 0 aliphatic heterocycles. The summed E-state index contributed by atoms with van der Waals surface area (Å²) in [4.78, 5) is 114. The highest BCUT2D eigenvalue weighted by Crippen LogP contribution is 2.37. The number of carbonyl (C=O) groups is 8. The number of aromatic amines is 1. The lowest BCUT2D eigenvalue weighted by molar-refractivity contribution is -0.147. The largest absolute Gasteiger partial charge is 0.481 e. The van der Waals surface area contributed by atoms with Crippen molar-refractivity contribution in [1.29, 1.82) is 0 Å². The van der Waals surface area contributed by atoms with E-state index in [9.17, 15) is 48.6 Å². The monoisotopic (exact) mass is 964 g/mol. The molecule has 1 aromatic heterocycles. The van der Waals surface area contributed by atoms with Crippen LogP contribution in [-0.4, -0.2) is 111 Å². The van der Waals surface area contributed by atoms with Crippen molar-refractivity contribution < 1.29 is 48.6 Å². The maximum absolute atomic E-state index is 14.6. The third kappa shape index (κ3) is 13.4. The van der Waals surface area contributed by atoms with E-state index in [0.29, 0.717) is 31.2 Å². The van der Waals surface area contributed by atoms with E-state index in [4.69, 9.17) is 0 Å². The molecule has 0 saturated heterocycles. The van der Waals surface area contributed by atoms with Crippen molar-refractivity contribution >= 4 is 58.3 Å². The fourth-order valence-corrected chi connectivity index (χ4v) is 9.38. The van der Waals surface area contributed by atoms with Gasteiger partial charge < -0.3 is 46.7 Å². The Morgan fingerprint density at radius 2 is 1.21 bits per heavy atom. The number of nitrogens with one attached hydrogen (secondary N) is 6. The highest BCUT2D eigenvalue weighted by Gasteiger charge is 2.41. The van der Waals surface area contributed by atoms with Crippen molar-refractivity contribution in [3.05, 3.63) is 107 Å². The van der Waals surface area contributed by atoms with Crippen LogP contribution in [0.1, 0.15) is 108 Å². The SMILES string of the molecule is CC[C@H](C)[C@H](NC(=O)[C@H](CC(=O)O)NC(=O)[C@H](CC(C)C)NC(=O)[C@H](NC(C)=O)C1c2ccccc2CCc2ccccc21)C(=O)N(C)[C@H](C(=O)N[C@@H](Cc1c[nH]c2ccccc12)C(=O)O)[C@@H](C)CC. The van der Waals surface area contributed by atoms with Gasteiger partial charge in [-0.3, -0.25) is 33.6 Å². The van der Waals surface area contributed by atoms with Gasteiger partial charge in [0, 0.05) is 43.4 Å². The molecule has 70 heavy (non-hydrogen) atoms. The molecule has 0 fully saturated rings. The number of aromatic nitrogens is 1. The van der Waals surface area contributed by atoms with Crippen molar-refractivity contribution in [3.63, 3.8) is 0 Å². The Bertz CT molecular complexity index is 2490. The standard InChI is InChI=1S/C53H69N7O10/c1-9-30(5)45(52(68)60(8)47(31(6)10-2)51(67)58-42(53(69)70)26-35-28-54-39-22-16-15-19-36(35)39)59-49(65)41(27-43(62)63)56-48(64)40(25-29(3)4)57-50(66)46(55-32(7)61)44-37-20-13-11-17-33(37)23-24-34-18-12-14-21-38(34)44/h11-22,28-31,40-42,44-47,54H,9-10,23-27H2,1-8H3,(H,55,61)(H,56,64)(H,57,66)(H,58,67)(H,59,65)(H,62,63)(H,69,70)/t30-,31-,40-,41-,42-,45-,46+,47-/m0/s1. The van der Waals surface area contributed by atoms with Crippen LogP contribution in [0.4, 0.5) is 0 Å². The normalized spacial score (nSPS) is 15.8. The van der Waals surface area contributed by atoms with E-state index in [1.807, 2.05) is 93.6 Å².